The zero-order chi connectivity index (χ0) is 27.8. The van der Waals surface area contributed by atoms with E-state index in [-0.39, 0.29) is 45.6 Å². The third kappa shape index (κ3) is 5.37. The number of fused-ring (bicyclic) bond motifs is 1. The Morgan fingerprint density at radius 3 is 2.37 bits per heavy atom. The Morgan fingerprint density at radius 2 is 1.76 bits per heavy atom. The summed E-state index contributed by atoms with van der Waals surface area (Å²) >= 11 is 7.75. The molecule has 4 heterocycles. The van der Waals surface area contributed by atoms with Crippen LogP contribution in [-0.2, 0) is 15.7 Å². The van der Waals surface area contributed by atoms with Gasteiger partial charge in [0.15, 0.2) is 17.0 Å². The molecule has 200 valence electrons. The van der Waals surface area contributed by atoms with Gasteiger partial charge < -0.3 is 14.8 Å². The highest BCUT2D eigenvalue weighted by molar-refractivity contribution is 7.19. The van der Waals surface area contributed by atoms with Crippen LogP contribution in [0.3, 0.4) is 0 Å². The van der Waals surface area contributed by atoms with Crippen LogP contribution >= 0.6 is 34.3 Å². The van der Waals surface area contributed by atoms with Crippen molar-refractivity contribution in [2.75, 3.05) is 18.5 Å². The van der Waals surface area contributed by atoms with Gasteiger partial charge in [0.2, 0.25) is 0 Å². The lowest BCUT2D eigenvalue weighted by Crippen LogP contribution is -2.17. The molecule has 0 atom stereocenters. The number of amides is 1. The standard InChI is InChI=1S/C23H18ClF3N4O5S2/c1-4-35-21(33)17-10(3)18(22(34)36-5-2)38-20(17)29-19(32)12-9-16-28-11(13-6-7-15(24)37-13)8-14(23(25,26)27)31(16)30-12/h6-9H,4-5H2,1-3H3,(H,29,32). The van der Waals surface area contributed by atoms with Crippen LogP contribution in [0.1, 0.15) is 55.6 Å². The molecule has 1 N–H and O–H groups in total. The third-order valence-corrected chi connectivity index (χ3v) is 7.53. The number of carbonyl (C=O) groups excluding carboxylic acids is 3. The topological polar surface area (TPSA) is 112 Å². The quantitative estimate of drug-likeness (QED) is 0.260. The zero-order valence-corrected chi connectivity index (χ0v) is 22.3. The number of thiophene rings is 2. The molecule has 4 aromatic heterocycles. The number of hydrogen-bond acceptors (Lipinski definition) is 9. The molecular formula is C23H18ClF3N4O5S2. The van der Waals surface area contributed by atoms with Crippen LogP contribution in [0.4, 0.5) is 18.2 Å². The Morgan fingerprint density at radius 1 is 1.08 bits per heavy atom. The lowest BCUT2D eigenvalue weighted by atomic mass is 10.1. The average molecular weight is 587 g/mol. The summed E-state index contributed by atoms with van der Waals surface area (Å²) in [4.78, 5) is 42.7. The molecular weight excluding hydrogens is 569 g/mol. The van der Waals surface area contributed by atoms with Crippen LogP contribution in [0.25, 0.3) is 16.2 Å². The maximum atomic E-state index is 13.9. The monoisotopic (exact) mass is 586 g/mol. The van der Waals surface area contributed by atoms with Crippen LogP contribution in [0.2, 0.25) is 4.34 Å². The Hall–Kier alpha value is -3.49. The van der Waals surface area contributed by atoms with Crippen molar-refractivity contribution in [3.05, 3.63) is 56.0 Å². The maximum absolute atomic E-state index is 13.9. The van der Waals surface area contributed by atoms with E-state index in [9.17, 15) is 27.6 Å². The van der Waals surface area contributed by atoms with E-state index in [0.29, 0.717) is 13.7 Å². The number of nitrogens with one attached hydrogen (secondary N) is 1. The van der Waals surface area contributed by atoms with E-state index < -0.39 is 35.4 Å². The molecule has 0 aliphatic carbocycles. The summed E-state index contributed by atoms with van der Waals surface area (Å²) in [6, 6.07) is 4.97. The first-order chi connectivity index (χ1) is 17.9. The van der Waals surface area contributed by atoms with Gasteiger partial charge in [-0.1, -0.05) is 11.6 Å². The van der Waals surface area contributed by atoms with Crippen molar-refractivity contribution in [1.29, 1.82) is 0 Å². The minimum atomic E-state index is -4.81. The molecule has 0 bridgehead atoms. The predicted molar refractivity (Wildman–Crippen MR) is 135 cm³/mol. The highest BCUT2D eigenvalue weighted by Gasteiger charge is 2.36. The SMILES string of the molecule is CCOC(=O)c1sc(NC(=O)c2cc3nc(-c4ccc(Cl)s4)cc(C(F)(F)F)n3n2)c(C(=O)OCC)c1C. The van der Waals surface area contributed by atoms with Crippen molar-refractivity contribution in [3.63, 3.8) is 0 Å². The maximum Gasteiger partial charge on any atom is 0.433 e. The highest BCUT2D eigenvalue weighted by Crippen LogP contribution is 2.37. The van der Waals surface area contributed by atoms with E-state index in [4.69, 9.17) is 21.1 Å². The van der Waals surface area contributed by atoms with Gasteiger partial charge in [-0.2, -0.15) is 18.3 Å². The molecule has 0 fully saturated rings. The third-order valence-electron chi connectivity index (χ3n) is 5.09. The lowest BCUT2D eigenvalue weighted by Gasteiger charge is -2.10. The molecule has 0 unspecified atom stereocenters. The van der Waals surface area contributed by atoms with Gasteiger partial charge in [0.25, 0.3) is 5.91 Å². The number of ether oxygens (including phenoxy) is 2. The second-order valence-electron chi connectivity index (χ2n) is 7.58. The summed E-state index contributed by atoms with van der Waals surface area (Å²) in [5.41, 5.74) is -1.61. The Bertz CT molecular complexity index is 1560. The van der Waals surface area contributed by atoms with Crippen molar-refractivity contribution in [3.8, 4) is 10.6 Å². The van der Waals surface area contributed by atoms with Gasteiger partial charge >= 0.3 is 18.1 Å². The Kier molecular flexibility index (Phi) is 7.76. The average Bonchev–Trinajstić information content (AvgIpc) is 3.54. The predicted octanol–water partition coefficient (Wildman–Crippen LogP) is 6.11. The molecule has 0 saturated heterocycles. The van der Waals surface area contributed by atoms with Crippen molar-refractivity contribution >= 4 is 62.8 Å². The first-order valence-electron chi connectivity index (χ1n) is 11.0. The van der Waals surface area contributed by atoms with Crippen molar-refractivity contribution in [2.24, 2.45) is 0 Å². The van der Waals surface area contributed by atoms with Gasteiger partial charge in [-0.3, -0.25) is 4.79 Å². The summed E-state index contributed by atoms with van der Waals surface area (Å²) in [6.45, 7) is 4.81. The van der Waals surface area contributed by atoms with Gasteiger partial charge in [0.1, 0.15) is 9.88 Å². The minimum Gasteiger partial charge on any atom is -0.462 e. The number of aromatic nitrogens is 3. The number of esters is 2. The fourth-order valence-electron chi connectivity index (χ4n) is 3.47. The van der Waals surface area contributed by atoms with Crippen molar-refractivity contribution in [1.82, 2.24) is 14.6 Å². The van der Waals surface area contributed by atoms with E-state index in [1.165, 1.54) is 19.1 Å². The number of nitrogens with zero attached hydrogens (tertiary/aromatic N) is 3. The molecule has 0 spiro atoms. The first kappa shape index (κ1) is 27.5. The number of halogens is 4. The minimum absolute atomic E-state index is 0.00569. The molecule has 4 rings (SSSR count). The van der Waals surface area contributed by atoms with Gasteiger partial charge in [-0.25, -0.2) is 19.1 Å². The number of alkyl halides is 3. The molecule has 0 radical (unpaired) electrons. The van der Waals surface area contributed by atoms with Crippen molar-refractivity contribution in [2.45, 2.75) is 26.9 Å². The summed E-state index contributed by atoms with van der Waals surface area (Å²) < 4.78 is 52.6. The molecule has 4 aromatic rings. The van der Waals surface area contributed by atoms with Crippen LogP contribution in [0.15, 0.2) is 24.3 Å². The van der Waals surface area contributed by atoms with Gasteiger partial charge in [0, 0.05) is 6.07 Å². The zero-order valence-electron chi connectivity index (χ0n) is 19.9. The molecule has 9 nitrogen and oxygen atoms in total. The molecule has 0 aromatic carbocycles. The summed E-state index contributed by atoms with van der Waals surface area (Å²) in [6.07, 6.45) is -4.81. The van der Waals surface area contributed by atoms with Gasteiger partial charge in [-0.05, 0) is 44.5 Å². The van der Waals surface area contributed by atoms with Crippen LogP contribution < -0.4 is 5.32 Å². The van der Waals surface area contributed by atoms with Crippen LogP contribution in [-0.4, -0.2) is 45.7 Å². The van der Waals surface area contributed by atoms with E-state index in [2.05, 4.69) is 15.4 Å². The van der Waals surface area contributed by atoms with E-state index in [1.54, 1.807) is 13.8 Å². The van der Waals surface area contributed by atoms with E-state index in [1.807, 2.05) is 0 Å². The summed E-state index contributed by atoms with van der Waals surface area (Å²) in [5.74, 6) is -2.41. The normalized spacial score (nSPS) is 11.6. The second-order valence-corrected chi connectivity index (χ2v) is 10.3. The fourth-order valence-corrected chi connectivity index (χ4v) is 5.56. The van der Waals surface area contributed by atoms with E-state index >= 15 is 0 Å². The number of carbonyl (C=O) groups is 3. The lowest BCUT2D eigenvalue weighted by molar-refractivity contribution is -0.142. The first-order valence-corrected chi connectivity index (χ1v) is 13.0. The number of rotatable bonds is 7. The molecule has 15 heteroatoms. The number of anilines is 1. The van der Waals surface area contributed by atoms with Gasteiger partial charge in [-0.15, -0.1) is 22.7 Å². The second kappa shape index (κ2) is 10.7. The fraction of sp³-hybridized carbons (Fsp3) is 0.261. The largest absolute Gasteiger partial charge is 0.462 e. The molecule has 38 heavy (non-hydrogen) atoms. The summed E-state index contributed by atoms with van der Waals surface area (Å²) in [5, 5.41) is 6.24. The molecule has 0 aliphatic rings. The highest BCUT2D eigenvalue weighted by atomic mass is 35.5. The molecule has 1 amide bonds. The smallest absolute Gasteiger partial charge is 0.433 e. The Labute approximate surface area is 226 Å². The van der Waals surface area contributed by atoms with Crippen molar-refractivity contribution < 1.29 is 37.0 Å². The van der Waals surface area contributed by atoms with Crippen LogP contribution in [0, 0.1) is 6.92 Å². The van der Waals surface area contributed by atoms with Gasteiger partial charge in [0.05, 0.1) is 33.7 Å². The Balaban J connectivity index is 1.76. The van der Waals surface area contributed by atoms with Crippen LogP contribution in [0.5, 0.6) is 0 Å². The van der Waals surface area contributed by atoms with E-state index in [0.717, 1.165) is 34.8 Å². The number of hydrogen-bond donors (Lipinski definition) is 1. The molecule has 0 aliphatic heterocycles. The molecule has 0 saturated carbocycles. The summed E-state index contributed by atoms with van der Waals surface area (Å²) in [7, 11) is 0.